The van der Waals surface area contributed by atoms with Crippen molar-refractivity contribution in [3.63, 3.8) is 0 Å². The Kier molecular flexibility index (Phi) is 5.80. The molecule has 1 atom stereocenters. The van der Waals surface area contributed by atoms with E-state index in [9.17, 15) is 9.90 Å². The van der Waals surface area contributed by atoms with Gasteiger partial charge in [-0.15, -0.1) is 0 Å². The van der Waals surface area contributed by atoms with E-state index in [0.29, 0.717) is 30.0 Å². The second-order valence-corrected chi connectivity index (χ2v) is 6.05. The molecule has 1 aromatic heterocycles. The fourth-order valence-electron chi connectivity index (χ4n) is 2.41. The summed E-state index contributed by atoms with van der Waals surface area (Å²) in [5.74, 6) is -0.0872. The maximum Gasteiger partial charge on any atom is 0.257 e. The molecule has 0 aliphatic rings. The molecule has 5 nitrogen and oxygen atoms in total. The maximum atomic E-state index is 12.6. The number of amides is 1. The van der Waals surface area contributed by atoms with Gasteiger partial charge >= 0.3 is 0 Å². The minimum atomic E-state index is -0.426. The van der Waals surface area contributed by atoms with E-state index in [1.807, 2.05) is 25.1 Å². The van der Waals surface area contributed by atoms with Crippen LogP contribution < -0.4 is 0 Å². The Morgan fingerprint density at radius 3 is 2.83 bits per heavy atom. The van der Waals surface area contributed by atoms with E-state index in [1.54, 1.807) is 35.8 Å². The lowest BCUT2D eigenvalue weighted by Crippen LogP contribution is -2.30. The van der Waals surface area contributed by atoms with E-state index >= 15 is 0 Å². The van der Waals surface area contributed by atoms with Gasteiger partial charge in [0.15, 0.2) is 0 Å². The average Bonchev–Trinajstić information content (AvgIpc) is 2.95. The van der Waals surface area contributed by atoms with E-state index in [2.05, 4.69) is 5.10 Å². The van der Waals surface area contributed by atoms with E-state index in [1.165, 1.54) is 0 Å². The van der Waals surface area contributed by atoms with Gasteiger partial charge in [0.2, 0.25) is 0 Å². The van der Waals surface area contributed by atoms with Crippen LogP contribution >= 0.6 is 11.6 Å². The molecule has 2 aromatic rings. The molecule has 0 aliphatic carbocycles. The largest absolute Gasteiger partial charge is 0.393 e. The van der Waals surface area contributed by atoms with Crippen LogP contribution in [0.3, 0.4) is 0 Å². The Bertz CT molecular complexity index is 682. The highest BCUT2D eigenvalue weighted by atomic mass is 35.5. The molecule has 2 rings (SSSR count). The summed E-state index contributed by atoms with van der Waals surface area (Å²) in [6.07, 6.45) is 2.40. The van der Waals surface area contributed by atoms with Crippen molar-refractivity contribution in [1.29, 1.82) is 0 Å². The number of hydrogen-bond acceptors (Lipinski definition) is 3. The summed E-state index contributed by atoms with van der Waals surface area (Å²) >= 11 is 6.04. The third-order valence-corrected chi connectivity index (χ3v) is 3.95. The second kappa shape index (κ2) is 7.62. The van der Waals surface area contributed by atoms with Crippen molar-refractivity contribution in [1.82, 2.24) is 14.7 Å². The number of aliphatic hydroxyl groups is 1. The van der Waals surface area contributed by atoms with Gasteiger partial charge in [-0.05, 0) is 38.0 Å². The van der Waals surface area contributed by atoms with Crippen molar-refractivity contribution in [2.75, 3.05) is 13.6 Å². The molecule has 124 valence electrons. The molecule has 0 fully saturated rings. The zero-order valence-corrected chi connectivity index (χ0v) is 14.4. The summed E-state index contributed by atoms with van der Waals surface area (Å²) in [6.45, 7) is 4.21. The summed E-state index contributed by atoms with van der Waals surface area (Å²) in [4.78, 5) is 14.2. The lowest BCUT2D eigenvalue weighted by Gasteiger charge is -2.18. The van der Waals surface area contributed by atoms with E-state index < -0.39 is 6.10 Å². The van der Waals surface area contributed by atoms with Crippen LogP contribution in [0.5, 0.6) is 0 Å². The Morgan fingerprint density at radius 2 is 2.22 bits per heavy atom. The number of rotatable bonds is 6. The molecule has 1 unspecified atom stereocenters. The van der Waals surface area contributed by atoms with Crippen LogP contribution in [0.2, 0.25) is 5.02 Å². The van der Waals surface area contributed by atoms with Crippen LogP contribution in [0.25, 0.3) is 5.69 Å². The zero-order chi connectivity index (χ0) is 17.0. The number of benzene rings is 1. The average molecular weight is 336 g/mol. The molecule has 6 heteroatoms. The summed E-state index contributed by atoms with van der Waals surface area (Å²) < 4.78 is 1.75. The van der Waals surface area contributed by atoms with Crippen LogP contribution in [0, 0.1) is 0 Å². The quantitative estimate of drug-likeness (QED) is 0.883. The third-order valence-electron chi connectivity index (χ3n) is 3.72. The first-order valence-electron chi connectivity index (χ1n) is 7.70. The number of hydrogen-bond donors (Lipinski definition) is 1. The van der Waals surface area contributed by atoms with Crippen molar-refractivity contribution in [2.24, 2.45) is 0 Å². The van der Waals surface area contributed by atoms with Crippen LogP contribution in [0.15, 0.2) is 30.5 Å². The first-order chi connectivity index (χ1) is 10.9. The fourth-order valence-corrected chi connectivity index (χ4v) is 2.60. The number of nitrogens with zero attached hydrogens (tertiary/aromatic N) is 3. The standard InChI is InChI=1S/C17H22ClN3O2/c1-4-16-15(17(23)20(3)9-8-12(2)22)11-19-21(16)14-7-5-6-13(18)10-14/h5-7,10-12,22H,4,8-9H2,1-3H3. The number of aliphatic hydroxyl groups excluding tert-OH is 1. The van der Waals surface area contributed by atoms with E-state index in [4.69, 9.17) is 11.6 Å². The minimum Gasteiger partial charge on any atom is -0.393 e. The molecule has 0 radical (unpaired) electrons. The van der Waals surface area contributed by atoms with Crippen LogP contribution in [-0.4, -0.2) is 45.4 Å². The van der Waals surface area contributed by atoms with Crippen molar-refractivity contribution in [2.45, 2.75) is 32.8 Å². The van der Waals surface area contributed by atoms with Gasteiger partial charge in [-0.2, -0.15) is 5.10 Å². The predicted molar refractivity (Wildman–Crippen MR) is 91.2 cm³/mol. The van der Waals surface area contributed by atoms with Crippen molar-refractivity contribution < 1.29 is 9.90 Å². The van der Waals surface area contributed by atoms with Gasteiger partial charge in [0.1, 0.15) is 0 Å². The highest BCUT2D eigenvalue weighted by molar-refractivity contribution is 6.30. The smallest absolute Gasteiger partial charge is 0.257 e. The number of carbonyl (C=O) groups is 1. The number of halogens is 1. The van der Waals surface area contributed by atoms with Gasteiger partial charge in [0.25, 0.3) is 5.91 Å². The lowest BCUT2D eigenvalue weighted by molar-refractivity contribution is 0.0768. The van der Waals surface area contributed by atoms with Gasteiger partial charge < -0.3 is 10.0 Å². The molecule has 1 heterocycles. The first-order valence-corrected chi connectivity index (χ1v) is 8.08. The monoisotopic (exact) mass is 335 g/mol. The summed E-state index contributed by atoms with van der Waals surface area (Å²) in [7, 11) is 1.74. The minimum absolute atomic E-state index is 0.0872. The molecule has 1 amide bonds. The second-order valence-electron chi connectivity index (χ2n) is 5.61. The molecule has 23 heavy (non-hydrogen) atoms. The molecular weight excluding hydrogens is 314 g/mol. The SMILES string of the molecule is CCc1c(C(=O)N(C)CCC(C)O)cnn1-c1cccc(Cl)c1. The normalized spacial score (nSPS) is 12.2. The number of aromatic nitrogens is 2. The molecule has 0 saturated carbocycles. The van der Waals surface area contributed by atoms with Gasteiger partial charge in [-0.25, -0.2) is 4.68 Å². The van der Waals surface area contributed by atoms with Gasteiger partial charge in [-0.3, -0.25) is 4.79 Å². The maximum absolute atomic E-state index is 12.6. The molecule has 1 aromatic carbocycles. The third kappa shape index (κ3) is 4.12. The Balaban J connectivity index is 2.29. The van der Waals surface area contributed by atoms with Crippen LogP contribution in [-0.2, 0) is 6.42 Å². The van der Waals surface area contributed by atoms with E-state index in [-0.39, 0.29) is 5.91 Å². The van der Waals surface area contributed by atoms with Gasteiger partial charge in [0.05, 0.1) is 29.2 Å². The highest BCUT2D eigenvalue weighted by Gasteiger charge is 2.20. The number of carbonyl (C=O) groups excluding carboxylic acids is 1. The molecular formula is C17H22ClN3O2. The van der Waals surface area contributed by atoms with Gasteiger partial charge in [-0.1, -0.05) is 24.6 Å². The lowest BCUT2D eigenvalue weighted by atomic mass is 10.1. The summed E-state index contributed by atoms with van der Waals surface area (Å²) in [6, 6.07) is 7.38. The summed E-state index contributed by atoms with van der Waals surface area (Å²) in [5, 5.41) is 14.4. The van der Waals surface area contributed by atoms with Crippen molar-refractivity contribution >= 4 is 17.5 Å². The topological polar surface area (TPSA) is 58.4 Å². The predicted octanol–water partition coefficient (Wildman–Crippen LogP) is 2.93. The van der Waals surface area contributed by atoms with Crippen molar-refractivity contribution in [3.05, 3.63) is 46.7 Å². The van der Waals surface area contributed by atoms with Gasteiger partial charge in [0, 0.05) is 18.6 Å². The molecule has 0 bridgehead atoms. The highest BCUT2D eigenvalue weighted by Crippen LogP contribution is 2.20. The summed E-state index contributed by atoms with van der Waals surface area (Å²) in [5.41, 5.74) is 2.27. The van der Waals surface area contributed by atoms with E-state index in [0.717, 1.165) is 11.4 Å². The first kappa shape index (κ1) is 17.5. The Hall–Kier alpha value is -1.85. The van der Waals surface area contributed by atoms with Crippen molar-refractivity contribution in [3.8, 4) is 5.69 Å². The van der Waals surface area contributed by atoms with Crippen LogP contribution in [0.1, 0.15) is 36.3 Å². The zero-order valence-electron chi connectivity index (χ0n) is 13.7. The molecule has 0 spiro atoms. The molecule has 0 saturated heterocycles. The fraction of sp³-hybridized carbons (Fsp3) is 0.412. The Labute approximate surface area is 141 Å². The van der Waals surface area contributed by atoms with Crippen LogP contribution in [0.4, 0.5) is 0 Å². The molecule has 1 N–H and O–H groups in total. The molecule has 0 aliphatic heterocycles. The Morgan fingerprint density at radius 1 is 1.48 bits per heavy atom.